The summed E-state index contributed by atoms with van der Waals surface area (Å²) in [4.78, 5) is 23.1. The van der Waals surface area contributed by atoms with Crippen LogP contribution in [0, 0.1) is 5.41 Å². The quantitative estimate of drug-likeness (QED) is 0.702. The van der Waals surface area contributed by atoms with Gasteiger partial charge in [-0.3, -0.25) is 9.59 Å². The molecule has 1 amide bonds. The maximum Gasteiger partial charge on any atom is 0.307 e. The second-order valence-corrected chi connectivity index (χ2v) is 5.42. The Kier molecular flexibility index (Phi) is 6.93. The molecule has 2 atom stereocenters. The second kappa shape index (κ2) is 7.24. The van der Waals surface area contributed by atoms with Crippen molar-refractivity contribution in [3.8, 4) is 0 Å². The molecule has 0 aliphatic heterocycles. The third-order valence-electron chi connectivity index (χ3n) is 4.08. The average Bonchev–Trinajstić information content (AvgIpc) is 2.37. The largest absolute Gasteiger partial charge is 0.469 e. The average molecular weight is 309 g/mol. The van der Waals surface area contributed by atoms with Gasteiger partial charge in [0.1, 0.15) is 5.54 Å². The fraction of sp³-hybridized carbons (Fsp3) is 0.846. The SMILES string of the molecule is CCOC1CC(N)(C(=O)NCCC(=O)OC)C1(C)C.Cl. The molecule has 20 heavy (non-hydrogen) atoms. The lowest BCUT2D eigenvalue weighted by atomic mass is 9.54. The molecule has 0 bridgehead atoms. The minimum Gasteiger partial charge on any atom is -0.469 e. The van der Waals surface area contributed by atoms with E-state index in [9.17, 15) is 9.59 Å². The first-order chi connectivity index (χ1) is 8.79. The predicted octanol–water partition coefficient (Wildman–Crippen LogP) is 0.620. The molecule has 3 N–H and O–H groups in total. The van der Waals surface area contributed by atoms with E-state index in [0.717, 1.165) is 0 Å². The molecule has 1 aliphatic carbocycles. The lowest BCUT2D eigenvalue weighted by molar-refractivity contribution is -0.170. The summed E-state index contributed by atoms with van der Waals surface area (Å²) in [6, 6.07) is 0. The summed E-state index contributed by atoms with van der Waals surface area (Å²) in [5.41, 5.74) is 4.83. The Morgan fingerprint density at radius 3 is 2.45 bits per heavy atom. The maximum absolute atomic E-state index is 12.1. The Bertz CT molecular complexity index is 362. The van der Waals surface area contributed by atoms with E-state index in [2.05, 4.69) is 10.1 Å². The fourth-order valence-corrected chi connectivity index (χ4v) is 2.36. The van der Waals surface area contributed by atoms with Crippen LogP contribution in [0.1, 0.15) is 33.6 Å². The third kappa shape index (κ3) is 3.42. The van der Waals surface area contributed by atoms with Gasteiger partial charge in [-0.05, 0) is 6.92 Å². The van der Waals surface area contributed by atoms with Crippen molar-refractivity contribution < 1.29 is 19.1 Å². The predicted molar refractivity (Wildman–Crippen MR) is 77.6 cm³/mol. The van der Waals surface area contributed by atoms with Crippen molar-refractivity contribution >= 4 is 24.3 Å². The number of amides is 1. The number of hydrogen-bond donors (Lipinski definition) is 2. The summed E-state index contributed by atoms with van der Waals surface area (Å²) in [5, 5.41) is 2.69. The van der Waals surface area contributed by atoms with E-state index >= 15 is 0 Å². The van der Waals surface area contributed by atoms with Crippen molar-refractivity contribution in [2.45, 2.75) is 45.3 Å². The molecule has 0 aromatic heterocycles. The van der Waals surface area contributed by atoms with Crippen LogP contribution in [0.2, 0.25) is 0 Å². The van der Waals surface area contributed by atoms with E-state index in [-0.39, 0.29) is 43.4 Å². The molecule has 2 unspecified atom stereocenters. The zero-order valence-electron chi connectivity index (χ0n) is 12.5. The molecule has 0 heterocycles. The molecule has 0 aromatic carbocycles. The van der Waals surface area contributed by atoms with E-state index in [4.69, 9.17) is 10.5 Å². The summed E-state index contributed by atoms with van der Waals surface area (Å²) in [6.45, 7) is 6.62. The van der Waals surface area contributed by atoms with Gasteiger partial charge in [0.15, 0.2) is 0 Å². The Labute approximate surface area is 126 Å². The maximum atomic E-state index is 12.1. The summed E-state index contributed by atoms with van der Waals surface area (Å²) in [5.74, 6) is -0.594. The van der Waals surface area contributed by atoms with Crippen molar-refractivity contribution in [1.29, 1.82) is 0 Å². The smallest absolute Gasteiger partial charge is 0.307 e. The highest BCUT2D eigenvalue weighted by Gasteiger charge is 2.62. The van der Waals surface area contributed by atoms with Gasteiger partial charge in [-0.1, -0.05) is 13.8 Å². The number of nitrogens with two attached hydrogens (primary N) is 1. The number of rotatable bonds is 6. The van der Waals surface area contributed by atoms with Crippen LogP contribution >= 0.6 is 12.4 Å². The van der Waals surface area contributed by atoms with Gasteiger partial charge in [-0.15, -0.1) is 12.4 Å². The Balaban J connectivity index is 0.00000361. The standard InChI is InChI=1S/C13H24N2O4.ClH/c1-5-19-9-8-13(14,12(9,2)3)11(17)15-7-6-10(16)18-4;/h9H,5-8,14H2,1-4H3,(H,15,17);1H. The zero-order valence-corrected chi connectivity index (χ0v) is 13.3. The minimum atomic E-state index is -0.942. The van der Waals surface area contributed by atoms with Crippen molar-refractivity contribution in [2.75, 3.05) is 20.3 Å². The van der Waals surface area contributed by atoms with E-state index in [1.807, 2.05) is 20.8 Å². The first-order valence-electron chi connectivity index (χ1n) is 6.55. The summed E-state index contributed by atoms with van der Waals surface area (Å²) >= 11 is 0. The highest BCUT2D eigenvalue weighted by atomic mass is 35.5. The molecule has 118 valence electrons. The molecule has 0 spiro atoms. The zero-order chi connectivity index (χ0) is 14.7. The molecule has 0 saturated heterocycles. The lowest BCUT2D eigenvalue weighted by Crippen LogP contribution is -2.75. The molecule has 0 radical (unpaired) electrons. The van der Waals surface area contributed by atoms with Crippen molar-refractivity contribution in [3.63, 3.8) is 0 Å². The lowest BCUT2D eigenvalue weighted by Gasteiger charge is -2.57. The van der Waals surface area contributed by atoms with Crippen LogP contribution in [0.3, 0.4) is 0 Å². The molecule has 7 heteroatoms. The molecule has 0 aromatic rings. The molecular formula is C13H25ClN2O4. The van der Waals surface area contributed by atoms with Crippen LogP contribution in [0.4, 0.5) is 0 Å². The van der Waals surface area contributed by atoms with E-state index < -0.39 is 11.0 Å². The monoisotopic (exact) mass is 308 g/mol. The summed E-state index contributed by atoms with van der Waals surface area (Å²) in [7, 11) is 1.32. The van der Waals surface area contributed by atoms with Gasteiger partial charge in [-0.25, -0.2) is 0 Å². The summed E-state index contributed by atoms with van der Waals surface area (Å²) in [6.07, 6.45) is 0.639. The number of esters is 1. The molecule has 1 fully saturated rings. The number of ether oxygens (including phenoxy) is 2. The molecule has 1 saturated carbocycles. The normalized spacial score (nSPS) is 26.9. The van der Waals surface area contributed by atoms with Gasteiger partial charge in [0.05, 0.1) is 19.6 Å². The van der Waals surface area contributed by atoms with Gasteiger partial charge in [0.25, 0.3) is 0 Å². The van der Waals surface area contributed by atoms with Crippen LogP contribution in [-0.2, 0) is 19.1 Å². The molecule has 1 aliphatic rings. The first-order valence-corrected chi connectivity index (χ1v) is 6.55. The van der Waals surface area contributed by atoms with Crippen LogP contribution in [0.5, 0.6) is 0 Å². The number of carbonyl (C=O) groups is 2. The minimum absolute atomic E-state index is 0. The number of carbonyl (C=O) groups excluding carboxylic acids is 2. The Morgan fingerprint density at radius 1 is 1.40 bits per heavy atom. The van der Waals surface area contributed by atoms with Crippen molar-refractivity contribution in [2.24, 2.45) is 11.1 Å². The van der Waals surface area contributed by atoms with Gasteiger partial charge in [-0.2, -0.15) is 0 Å². The Hall–Kier alpha value is -0.850. The number of nitrogens with one attached hydrogen (secondary N) is 1. The highest BCUT2D eigenvalue weighted by Crippen LogP contribution is 2.49. The van der Waals surface area contributed by atoms with Crippen molar-refractivity contribution in [3.05, 3.63) is 0 Å². The van der Waals surface area contributed by atoms with Crippen LogP contribution in [0.15, 0.2) is 0 Å². The van der Waals surface area contributed by atoms with Gasteiger partial charge < -0.3 is 20.5 Å². The fourth-order valence-electron chi connectivity index (χ4n) is 2.36. The van der Waals surface area contributed by atoms with E-state index in [1.54, 1.807) is 0 Å². The molecular weight excluding hydrogens is 284 g/mol. The van der Waals surface area contributed by atoms with Crippen LogP contribution in [-0.4, -0.2) is 43.8 Å². The highest BCUT2D eigenvalue weighted by molar-refractivity contribution is 5.89. The van der Waals surface area contributed by atoms with Gasteiger partial charge >= 0.3 is 5.97 Å². The van der Waals surface area contributed by atoms with Gasteiger partial charge in [0.2, 0.25) is 5.91 Å². The van der Waals surface area contributed by atoms with E-state index in [0.29, 0.717) is 13.0 Å². The van der Waals surface area contributed by atoms with Crippen LogP contribution in [0.25, 0.3) is 0 Å². The number of methoxy groups -OCH3 is 1. The molecule has 1 rings (SSSR count). The second-order valence-electron chi connectivity index (χ2n) is 5.42. The Morgan fingerprint density at radius 2 is 2.00 bits per heavy atom. The molecule has 6 nitrogen and oxygen atoms in total. The first kappa shape index (κ1) is 19.1. The summed E-state index contributed by atoms with van der Waals surface area (Å²) < 4.78 is 10.1. The van der Waals surface area contributed by atoms with Crippen molar-refractivity contribution in [1.82, 2.24) is 5.32 Å². The van der Waals surface area contributed by atoms with Gasteiger partial charge in [0, 0.05) is 25.0 Å². The third-order valence-corrected chi connectivity index (χ3v) is 4.08. The van der Waals surface area contributed by atoms with Crippen LogP contribution < -0.4 is 11.1 Å². The van der Waals surface area contributed by atoms with E-state index in [1.165, 1.54) is 7.11 Å². The number of halogens is 1. The number of hydrogen-bond acceptors (Lipinski definition) is 5. The topological polar surface area (TPSA) is 90.6 Å².